The average molecular weight is 464 g/mol. The van der Waals surface area contributed by atoms with Crippen LogP contribution in [0.2, 0.25) is 0 Å². The van der Waals surface area contributed by atoms with E-state index in [2.05, 4.69) is 50.0 Å². The second kappa shape index (κ2) is 10.6. The number of nitrogens with one attached hydrogen (secondary N) is 2. The Hall–Kier alpha value is -1.23. The van der Waals surface area contributed by atoms with Crippen molar-refractivity contribution in [1.82, 2.24) is 25.8 Å². The van der Waals surface area contributed by atoms with Gasteiger partial charge in [0.15, 0.2) is 11.8 Å². The van der Waals surface area contributed by atoms with E-state index >= 15 is 0 Å². The average Bonchev–Trinajstić information content (AvgIpc) is 3.15. The lowest BCUT2D eigenvalue weighted by molar-refractivity contribution is 0.372. The Bertz CT molecular complexity index is 639. The molecule has 2 N–H and O–H groups in total. The minimum Gasteiger partial charge on any atom is -0.356 e. The van der Waals surface area contributed by atoms with Crippen LogP contribution in [0.5, 0.6) is 0 Å². The molecule has 0 spiro atoms. The zero-order valence-corrected chi connectivity index (χ0v) is 17.6. The van der Waals surface area contributed by atoms with E-state index in [1.54, 1.807) is 18.4 Å². The quantitative estimate of drug-likeness (QED) is 0.284. The highest BCUT2D eigenvalue weighted by molar-refractivity contribution is 14.0. The van der Waals surface area contributed by atoms with Crippen molar-refractivity contribution in [3.05, 3.63) is 27.8 Å². The van der Waals surface area contributed by atoms with Crippen LogP contribution in [0.3, 0.4) is 0 Å². The number of aromatic nitrogens is 3. The third kappa shape index (κ3) is 6.71. The summed E-state index contributed by atoms with van der Waals surface area (Å²) in [6.45, 7) is 7.59. The SMILES string of the molecule is CN=C(NCCCc1nc(C)no1)NCc1nc(C(C)C)cs1.I. The van der Waals surface area contributed by atoms with Gasteiger partial charge < -0.3 is 15.2 Å². The summed E-state index contributed by atoms with van der Waals surface area (Å²) >= 11 is 1.67. The number of halogens is 1. The van der Waals surface area contributed by atoms with Crippen LogP contribution >= 0.6 is 35.3 Å². The molecule has 0 unspecified atom stereocenters. The molecule has 2 aromatic heterocycles. The van der Waals surface area contributed by atoms with Gasteiger partial charge in [0, 0.05) is 25.4 Å². The molecule has 2 rings (SSSR count). The molecule has 0 radical (unpaired) electrons. The summed E-state index contributed by atoms with van der Waals surface area (Å²) in [5.74, 6) is 2.59. The lowest BCUT2D eigenvalue weighted by Crippen LogP contribution is -2.37. The first-order chi connectivity index (χ1) is 11.1. The highest BCUT2D eigenvalue weighted by Gasteiger charge is 2.06. The van der Waals surface area contributed by atoms with Crippen LogP contribution < -0.4 is 10.6 Å². The molecule has 0 bridgehead atoms. The molecule has 0 saturated heterocycles. The normalized spacial score (nSPS) is 11.5. The highest BCUT2D eigenvalue weighted by atomic mass is 127. The monoisotopic (exact) mass is 464 g/mol. The van der Waals surface area contributed by atoms with Gasteiger partial charge in [-0.1, -0.05) is 19.0 Å². The van der Waals surface area contributed by atoms with Crippen LogP contribution in [0, 0.1) is 6.92 Å². The third-order valence-corrected chi connectivity index (χ3v) is 4.09. The van der Waals surface area contributed by atoms with Crippen molar-refractivity contribution in [2.75, 3.05) is 13.6 Å². The molecule has 0 aliphatic rings. The third-order valence-electron chi connectivity index (χ3n) is 3.22. The van der Waals surface area contributed by atoms with E-state index in [0.717, 1.165) is 36.0 Å². The minimum atomic E-state index is 0. The van der Waals surface area contributed by atoms with Gasteiger partial charge in [-0.3, -0.25) is 4.99 Å². The van der Waals surface area contributed by atoms with Crippen molar-refractivity contribution in [2.24, 2.45) is 4.99 Å². The number of nitrogens with zero attached hydrogens (tertiary/aromatic N) is 4. The first-order valence-corrected chi connectivity index (χ1v) is 8.64. The second-order valence-corrected chi connectivity index (χ2v) is 6.45. The molecule has 0 aliphatic carbocycles. The van der Waals surface area contributed by atoms with Gasteiger partial charge in [-0.25, -0.2) is 4.98 Å². The summed E-state index contributed by atoms with van der Waals surface area (Å²) in [5.41, 5.74) is 1.14. The van der Waals surface area contributed by atoms with E-state index in [1.165, 1.54) is 0 Å². The maximum absolute atomic E-state index is 5.08. The number of hydrogen-bond acceptors (Lipinski definition) is 6. The number of guanidine groups is 1. The number of aryl methyl sites for hydroxylation is 2. The first-order valence-electron chi connectivity index (χ1n) is 7.76. The predicted molar refractivity (Wildman–Crippen MR) is 107 cm³/mol. The van der Waals surface area contributed by atoms with Gasteiger partial charge >= 0.3 is 0 Å². The zero-order valence-electron chi connectivity index (χ0n) is 14.5. The van der Waals surface area contributed by atoms with Crippen LogP contribution in [0.4, 0.5) is 0 Å². The van der Waals surface area contributed by atoms with Crippen LogP contribution in [0.25, 0.3) is 0 Å². The summed E-state index contributed by atoms with van der Waals surface area (Å²) < 4.78 is 5.08. The Labute approximate surface area is 163 Å². The fourth-order valence-electron chi connectivity index (χ4n) is 1.94. The predicted octanol–water partition coefficient (Wildman–Crippen LogP) is 2.87. The van der Waals surface area contributed by atoms with Crippen molar-refractivity contribution >= 4 is 41.3 Å². The van der Waals surface area contributed by atoms with E-state index in [1.807, 2.05) is 6.92 Å². The van der Waals surface area contributed by atoms with Crippen molar-refractivity contribution in [1.29, 1.82) is 0 Å². The Morgan fingerprint density at radius 1 is 1.33 bits per heavy atom. The Kier molecular flexibility index (Phi) is 9.19. The first kappa shape index (κ1) is 20.8. The molecule has 0 aliphatic heterocycles. The Morgan fingerprint density at radius 2 is 2.12 bits per heavy atom. The topological polar surface area (TPSA) is 88.2 Å². The standard InChI is InChI=1S/C15H24N6OS.HI/c1-10(2)12-9-23-14(20-12)8-18-15(16-4)17-7-5-6-13-19-11(3)21-22-13;/h9-10H,5-8H2,1-4H3,(H2,16,17,18);1H. The highest BCUT2D eigenvalue weighted by Crippen LogP contribution is 2.17. The van der Waals surface area contributed by atoms with Crippen LogP contribution in [-0.2, 0) is 13.0 Å². The largest absolute Gasteiger partial charge is 0.356 e. The van der Waals surface area contributed by atoms with Gasteiger partial charge in [0.1, 0.15) is 5.01 Å². The summed E-state index contributed by atoms with van der Waals surface area (Å²) in [6, 6.07) is 0. The van der Waals surface area contributed by atoms with Gasteiger partial charge in [-0.05, 0) is 19.3 Å². The van der Waals surface area contributed by atoms with E-state index in [9.17, 15) is 0 Å². The van der Waals surface area contributed by atoms with Crippen molar-refractivity contribution in [3.63, 3.8) is 0 Å². The van der Waals surface area contributed by atoms with Crippen molar-refractivity contribution in [2.45, 2.75) is 46.1 Å². The molecule has 0 saturated carbocycles. The lowest BCUT2D eigenvalue weighted by Gasteiger charge is -2.10. The number of thiazole rings is 1. The molecule has 2 heterocycles. The van der Waals surface area contributed by atoms with Crippen molar-refractivity contribution < 1.29 is 4.52 Å². The van der Waals surface area contributed by atoms with Crippen molar-refractivity contribution in [3.8, 4) is 0 Å². The summed E-state index contributed by atoms with van der Waals surface area (Å²) in [5, 5.41) is 13.5. The van der Waals surface area contributed by atoms with Crippen LogP contribution in [-0.4, -0.2) is 34.7 Å². The molecule has 0 atom stereocenters. The van der Waals surface area contributed by atoms with Gasteiger partial charge in [0.25, 0.3) is 0 Å². The summed E-state index contributed by atoms with van der Waals surface area (Å²) in [4.78, 5) is 13.0. The molecule has 0 fully saturated rings. The van der Waals surface area contributed by atoms with Gasteiger partial charge in [-0.2, -0.15) is 4.98 Å². The maximum Gasteiger partial charge on any atom is 0.226 e. The van der Waals surface area contributed by atoms with Gasteiger partial charge in [0.2, 0.25) is 5.89 Å². The Balaban J connectivity index is 0.00000288. The molecule has 7 nitrogen and oxygen atoms in total. The van der Waals surface area contributed by atoms with E-state index in [-0.39, 0.29) is 24.0 Å². The number of hydrogen-bond donors (Lipinski definition) is 2. The molecule has 9 heteroatoms. The number of aliphatic imine (C=N–C) groups is 1. The van der Waals surface area contributed by atoms with Crippen LogP contribution in [0.1, 0.15) is 48.6 Å². The lowest BCUT2D eigenvalue weighted by atomic mass is 10.2. The molecule has 24 heavy (non-hydrogen) atoms. The smallest absolute Gasteiger partial charge is 0.226 e. The minimum absolute atomic E-state index is 0. The van der Waals surface area contributed by atoms with Gasteiger partial charge in [-0.15, -0.1) is 35.3 Å². The fourth-order valence-corrected chi connectivity index (χ4v) is 2.83. The molecule has 2 aromatic rings. The molecule has 134 valence electrons. The Morgan fingerprint density at radius 3 is 2.71 bits per heavy atom. The molecular formula is C15H25IN6OS. The van der Waals surface area contributed by atoms with E-state index < -0.39 is 0 Å². The van der Waals surface area contributed by atoms with E-state index in [4.69, 9.17) is 4.52 Å². The maximum atomic E-state index is 5.08. The van der Waals surface area contributed by atoms with Gasteiger partial charge in [0.05, 0.1) is 12.2 Å². The van der Waals surface area contributed by atoms with E-state index in [0.29, 0.717) is 24.2 Å². The fraction of sp³-hybridized carbons (Fsp3) is 0.600. The summed E-state index contributed by atoms with van der Waals surface area (Å²) in [7, 11) is 1.76. The second-order valence-electron chi connectivity index (χ2n) is 5.51. The molecular weight excluding hydrogens is 439 g/mol. The molecule has 0 aromatic carbocycles. The summed E-state index contributed by atoms with van der Waals surface area (Å²) in [6.07, 6.45) is 1.66. The number of rotatable bonds is 7. The molecule has 0 amide bonds. The zero-order chi connectivity index (χ0) is 16.7. The van der Waals surface area contributed by atoms with Crippen LogP contribution in [0.15, 0.2) is 14.9 Å².